The van der Waals surface area contributed by atoms with Gasteiger partial charge in [-0.2, -0.15) is 0 Å². The normalized spacial score (nSPS) is 21.3. The van der Waals surface area contributed by atoms with E-state index in [1.807, 2.05) is 12.1 Å². The maximum absolute atomic E-state index is 10.1. The summed E-state index contributed by atoms with van der Waals surface area (Å²) in [5.41, 5.74) is 2.01. The second-order valence-electron chi connectivity index (χ2n) is 5.25. The van der Waals surface area contributed by atoms with Crippen molar-refractivity contribution >= 4 is 11.6 Å². The molecule has 0 amide bonds. The molecule has 0 bridgehead atoms. The van der Waals surface area contributed by atoms with Gasteiger partial charge in [-0.3, -0.25) is 0 Å². The maximum Gasteiger partial charge on any atom is 0.126 e. The number of aliphatic hydroxyl groups is 2. The predicted octanol–water partition coefficient (Wildman–Crippen LogP) is 1.95. The summed E-state index contributed by atoms with van der Waals surface area (Å²) in [7, 11) is 0. The molecule has 1 saturated carbocycles. The molecular weight excluding hydrogens is 252 g/mol. The first kappa shape index (κ1) is 12.3. The van der Waals surface area contributed by atoms with E-state index in [0.29, 0.717) is 18.1 Å². The van der Waals surface area contributed by atoms with Crippen LogP contribution in [0.3, 0.4) is 0 Å². The second-order valence-corrected chi connectivity index (χ2v) is 5.69. The molecule has 0 spiro atoms. The highest BCUT2D eigenvalue weighted by molar-refractivity contribution is 6.30. The Morgan fingerprint density at radius 1 is 1.33 bits per heavy atom. The summed E-state index contributed by atoms with van der Waals surface area (Å²) in [5, 5.41) is 20.6. The number of benzene rings is 1. The van der Waals surface area contributed by atoms with Gasteiger partial charge in [-0.25, -0.2) is 0 Å². The number of ether oxygens (including phenoxy) is 1. The predicted molar refractivity (Wildman–Crippen MR) is 69.1 cm³/mol. The molecule has 18 heavy (non-hydrogen) atoms. The van der Waals surface area contributed by atoms with Crippen LogP contribution >= 0.6 is 11.6 Å². The molecule has 2 aliphatic rings. The van der Waals surface area contributed by atoms with Gasteiger partial charge in [0.2, 0.25) is 0 Å². The Balaban J connectivity index is 1.79. The van der Waals surface area contributed by atoms with Crippen LogP contribution in [-0.2, 0) is 12.8 Å². The Morgan fingerprint density at radius 2 is 2.11 bits per heavy atom. The third kappa shape index (κ3) is 2.35. The molecular formula is C14H17ClO3. The minimum atomic E-state index is -0.732. The van der Waals surface area contributed by atoms with Crippen LogP contribution in [0.1, 0.15) is 24.0 Å². The van der Waals surface area contributed by atoms with Crippen LogP contribution in [0.2, 0.25) is 5.02 Å². The van der Waals surface area contributed by atoms with Crippen molar-refractivity contribution in [2.45, 2.75) is 37.9 Å². The largest absolute Gasteiger partial charge is 0.493 e. The van der Waals surface area contributed by atoms with Crippen LogP contribution in [-0.4, -0.2) is 29.0 Å². The summed E-state index contributed by atoms with van der Waals surface area (Å²) in [6, 6.07) is 3.74. The lowest BCUT2D eigenvalue weighted by Crippen LogP contribution is -2.29. The Morgan fingerprint density at radius 3 is 2.83 bits per heavy atom. The molecule has 0 aromatic heterocycles. The van der Waals surface area contributed by atoms with E-state index in [2.05, 4.69) is 0 Å². The fourth-order valence-corrected chi connectivity index (χ4v) is 2.86. The summed E-state index contributed by atoms with van der Waals surface area (Å²) in [4.78, 5) is 0. The molecule has 1 aliphatic heterocycles. The molecule has 2 atom stereocenters. The van der Waals surface area contributed by atoms with Crippen molar-refractivity contribution in [2.75, 3.05) is 6.61 Å². The SMILES string of the molecule is OC(Cc1cc(Cl)cc2c1OCC2)C(O)C1CC1. The minimum Gasteiger partial charge on any atom is -0.493 e. The zero-order valence-electron chi connectivity index (χ0n) is 10.1. The summed E-state index contributed by atoms with van der Waals surface area (Å²) in [5.74, 6) is 1.12. The van der Waals surface area contributed by atoms with Crippen molar-refractivity contribution in [3.8, 4) is 5.75 Å². The van der Waals surface area contributed by atoms with Crippen molar-refractivity contribution in [1.82, 2.24) is 0 Å². The van der Waals surface area contributed by atoms with E-state index in [-0.39, 0.29) is 5.92 Å². The van der Waals surface area contributed by atoms with E-state index in [4.69, 9.17) is 16.3 Å². The highest BCUT2D eigenvalue weighted by Crippen LogP contribution is 2.37. The third-order valence-electron chi connectivity index (χ3n) is 3.75. The van der Waals surface area contributed by atoms with Crippen molar-refractivity contribution in [3.05, 3.63) is 28.3 Å². The van der Waals surface area contributed by atoms with Crippen molar-refractivity contribution in [2.24, 2.45) is 5.92 Å². The fraction of sp³-hybridized carbons (Fsp3) is 0.571. The van der Waals surface area contributed by atoms with Crippen LogP contribution in [0.5, 0.6) is 5.75 Å². The Kier molecular flexibility index (Phi) is 3.22. The van der Waals surface area contributed by atoms with Gasteiger partial charge in [-0.1, -0.05) is 11.6 Å². The molecule has 0 radical (unpaired) electrons. The lowest BCUT2D eigenvalue weighted by molar-refractivity contribution is 0.00647. The van der Waals surface area contributed by atoms with Gasteiger partial charge in [-0.05, 0) is 42.0 Å². The molecule has 1 aromatic rings. The maximum atomic E-state index is 10.1. The second kappa shape index (κ2) is 4.72. The summed E-state index contributed by atoms with van der Waals surface area (Å²) in [6.45, 7) is 0.671. The standard InChI is InChI=1S/C14H17ClO3/c15-11-5-9-3-4-18-14(9)10(6-11)7-12(16)13(17)8-1-2-8/h5-6,8,12-13,16-17H,1-4,7H2. The van der Waals surface area contributed by atoms with Crippen LogP contribution < -0.4 is 4.74 Å². The van der Waals surface area contributed by atoms with Gasteiger partial charge in [0.05, 0.1) is 18.8 Å². The van der Waals surface area contributed by atoms with Crippen molar-refractivity contribution in [3.63, 3.8) is 0 Å². The van der Waals surface area contributed by atoms with E-state index < -0.39 is 12.2 Å². The number of fused-ring (bicyclic) bond motifs is 1. The highest BCUT2D eigenvalue weighted by atomic mass is 35.5. The van der Waals surface area contributed by atoms with Crippen LogP contribution in [0.25, 0.3) is 0 Å². The van der Waals surface area contributed by atoms with Gasteiger partial charge in [0.1, 0.15) is 5.75 Å². The number of aliphatic hydroxyl groups excluding tert-OH is 2. The molecule has 98 valence electrons. The number of halogens is 1. The third-order valence-corrected chi connectivity index (χ3v) is 3.97. The number of hydrogen-bond acceptors (Lipinski definition) is 3. The van der Waals surface area contributed by atoms with E-state index in [1.54, 1.807) is 0 Å². The first-order chi connectivity index (χ1) is 8.65. The van der Waals surface area contributed by atoms with E-state index in [1.165, 1.54) is 0 Å². The monoisotopic (exact) mass is 268 g/mol. The zero-order valence-corrected chi connectivity index (χ0v) is 10.9. The van der Waals surface area contributed by atoms with Gasteiger partial charge in [0, 0.05) is 17.9 Å². The lowest BCUT2D eigenvalue weighted by Gasteiger charge is -2.18. The van der Waals surface area contributed by atoms with Gasteiger partial charge >= 0.3 is 0 Å². The van der Waals surface area contributed by atoms with Gasteiger partial charge in [-0.15, -0.1) is 0 Å². The molecule has 0 saturated heterocycles. The molecule has 2 unspecified atom stereocenters. The van der Waals surface area contributed by atoms with Gasteiger partial charge < -0.3 is 14.9 Å². The molecule has 3 nitrogen and oxygen atoms in total. The first-order valence-electron chi connectivity index (χ1n) is 6.45. The molecule has 2 N–H and O–H groups in total. The molecule has 4 heteroatoms. The summed E-state index contributed by atoms with van der Waals surface area (Å²) in [6.07, 6.45) is 1.94. The Hall–Kier alpha value is -0.770. The quantitative estimate of drug-likeness (QED) is 0.878. The average molecular weight is 269 g/mol. The number of rotatable bonds is 4. The molecule has 1 aromatic carbocycles. The van der Waals surface area contributed by atoms with Crippen molar-refractivity contribution in [1.29, 1.82) is 0 Å². The smallest absolute Gasteiger partial charge is 0.126 e. The van der Waals surface area contributed by atoms with Crippen LogP contribution in [0.4, 0.5) is 0 Å². The average Bonchev–Trinajstić information content (AvgIpc) is 3.07. The van der Waals surface area contributed by atoms with Crippen LogP contribution in [0.15, 0.2) is 12.1 Å². The van der Waals surface area contributed by atoms with Gasteiger partial charge in [0.15, 0.2) is 0 Å². The summed E-state index contributed by atoms with van der Waals surface area (Å²) >= 11 is 6.07. The number of hydrogen-bond donors (Lipinski definition) is 2. The van der Waals surface area contributed by atoms with E-state index in [0.717, 1.165) is 36.1 Å². The zero-order chi connectivity index (χ0) is 12.7. The van der Waals surface area contributed by atoms with E-state index in [9.17, 15) is 10.2 Å². The lowest BCUT2D eigenvalue weighted by atomic mass is 9.98. The fourth-order valence-electron chi connectivity index (χ4n) is 2.60. The summed E-state index contributed by atoms with van der Waals surface area (Å²) < 4.78 is 5.59. The van der Waals surface area contributed by atoms with E-state index >= 15 is 0 Å². The van der Waals surface area contributed by atoms with Crippen molar-refractivity contribution < 1.29 is 14.9 Å². The van der Waals surface area contributed by atoms with Gasteiger partial charge in [0.25, 0.3) is 0 Å². The molecule has 1 heterocycles. The highest BCUT2D eigenvalue weighted by Gasteiger charge is 2.35. The molecule has 1 aliphatic carbocycles. The molecule has 1 fully saturated rings. The Bertz CT molecular complexity index is 457. The molecule has 3 rings (SSSR count). The van der Waals surface area contributed by atoms with Crippen LogP contribution in [0, 0.1) is 5.92 Å². The first-order valence-corrected chi connectivity index (χ1v) is 6.83. The topological polar surface area (TPSA) is 49.7 Å². The Labute approximate surface area is 111 Å². The minimum absolute atomic E-state index is 0.271.